The van der Waals surface area contributed by atoms with Gasteiger partial charge in [-0.1, -0.05) is 42.1 Å². The molecule has 0 unspecified atom stereocenters. The zero-order valence-corrected chi connectivity index (χ0v) is 12.2. The highest BCUT2D eigenvalue weighted by atomic mass is 32.2. The van der Waals surface area contributed by atoms with Crippen LogP contribution < -0.4 is 5.73 Å². The van der Waals surface area contributed by atoms with E-state index < -0.39 is 0 Å². The van der Waals surface area contributed by atoms with Gasteiger partial charge in [0.25, 0.3) is 0 Å². The fourth-order valence-corrected chi connectivity index (χ4v) is 4.19. The maximum atomic E-state index is 6.01. The van der Waals surface area contributed by atoms with Crippen molar-refractivity contribution in [3.05, 3.63) is 54.1 Å². The molecule has 3 aromatic rings. The van der Waals surface area contributed by atoms with Gasteiger partial charge in [-0.2, -0.15) is 0 Å². The monoisotopic (exact) mass is 286 g/mol. The third-order valence-electron chi connectivity index (χ3n) is 2.88. The van der Waals surface area contributed by atoms with Crippen LogP contribution in [0.1, 0.15) is 18.5 Å². The SMILES string of the molecule is C[C@@H](N)c1ccccc1Sc1nc2ccccc2s1. The lowest BCUT2D eigenvalue weighted by atomic mass is 10.1. The van der Waals surface area contributed by atoms with E-state index in [0.717, 1.165) is 9.86 Å². The molecule has 19 heavy (non-hydrogen) atoms. The molecular formula is C15H14N2S2. The van der Waals surface area contributed by atoms with Crippen LogP contribution in [0.3, 0.4) is 0 Å². The Kier molecular flexibility index (Phi) is 3.55. The molecule has 96 valence electrons. The molecule has 0 spiro atoms. The molecular weight excluding hydrogens is 272 g/mol. The van der Waals surface area contributed by atoms with Crippen molar-refractivity contribution in [2.45, 2.75) is 22.2 Å². The Bertz CT molecular complexity index is 671. The Balaban J connectivity index is 1.97. The summed E-state index contributed by atoms with van der Waals surface area (Å²) >= 11 is 3.42. The van der Waals surface area contributed by atoms with Gasteiger partial charge in [-0.05, 0) is 30.7 Å². The zero-order valence-electron chi connectivity index (χ0n) is 10.5. The number of thiazole rings is 1. The van der Waals surface area contributed by atoms with Crippen LogP contribution in [0.25, 0.3) is 10.2 Å². The van der Waals surface area contributed by atoms with Crippen molar-refractivity contribution in [2.24, 2.45) is 5.73 Å². The average molecular weight is 286 g/mol. The van der Waals surface area contributed by atoms with Gasteiger partial charge in [0, 0.05) is 10.9 Å². The maximum Gasteiger partial charge on any atom is 0.155 e. The van der Waals surface area contributed by atoms with Gasteiger partial charge in [0.05, 0.1) is 10.2 Å². The van der Waals surface area contributed by atoms with E-state index in [4.69, 9.17) is 5.73 Å². The molecule has 0 aliphatic heterocycles. The lowest BCUT2D eigenvalue weighted by Crippen LogP contribution is -2.05. The number of aromatic nitrogens is 1. The van der Waals surface area contributed by atoms with Crippen LogP contribution in [-0.4, -0.2) is 4.98 Å². The standard InChI is InChI=1S/C15H14N2S2/c1-10(16)11-6-2-4-8-13(11)18-15-17-12-7-3-5-9-14(12)19-15/h2-10H,16H2,1H3/t10-/m1/s1. The average Bonchev–Trinajstić information content (AvgIpc) is 2.81. The van der Waals surface area contributed by atoms with Crippen LogP contribution >= 0.6 is 23.1 Å². The third kappa shape index (κ3) is 2.66. The summed E-state index contributed by atoms with van der Waals surface area (Å²) in [6.07, 6.45) is 0. The second-order valence-corrected chi connectivity index (χ2v) is 6.70. The molecule has 0 bridgehead atoms. The quantitative estimate of drug-likeness (QED) is 0.772. The molecule has 0 fully saturated rings. The summed E-state index contributed by atoms with van der Waals surface area (Å²) in [6, 6.07) is 16.5. The molecule has 3 rings (SSSR count). The van der Waals surface area contributed by atoms with Crippen molar-refractivity contribution in [1.29, 1.82) is 0 Å². The molecule has 4 heteroatoms. The lowest BCUT2D eigenvalue weighted by molar-refractivity contribution is 0.797. The minimum Gasteiger partial charge on any atom is -0.324 e. The first-order chi connectivity index (χ1) is 9.24. The van der Waals surface area contributed by atoms with E-state index >= 15 is 0 Å². The van der Waals surface area contributed by atoms with Crippen LogP contribution in [0.5, 0.6) is 0 Å². The van der Waals surface area contributed by atoms with Crippen molar-refractivity contribution in [2.75, 3.05) is 0 Å². The summed E-state index contributed by atoms with van der Waals surface area (Å²) in [4.78, 5) is 5.84. The molecule has 0 aliphatic rings. The van der Waals surface area contributed by atoms with Crippen molar-refractivity contribution >= 4 is 33.3 Å². The number of benzene rings is 2. The summed E-state index contributed by atoms with van der Waals surface area (Å²) in [5.41, 5.74) is 8.25. The smallest absolute Gasteiger partial charge is 0.155 e. The van der Waals surface area contributed by atoms with Gasteiger partial charge < -0.3 is 5.73 Å². The minimum atomic E-state index is 0.0399. The normalized spacial score (nSPS) is 12.7. The number of rotatable bonds is 3. The van der Waals surface area contributed by atoms with Crippen LogP contribution in [-0.2, 0) is 0 Å². The summed E-state index contributed by atoms with van der Waals surface area (Å²) < 4.78 is 2.29. The highest BCUT2D eigenvalue weighted by molar-refractivity contribution is 8.01. The maximum absolute atomic E-state index is 6.01. The topological polar surface area (TPSA) is 38.9 Å². The molecule has 0 saturated carbocycles. The largest absolute Gasteiger partial charge is 0.324 e. The third-order valence-corrected chi connectivity index (χ3v) is 5.07. The number of fused-ring (bicyclic) bond motifs is 1. The Morgan fingerprint density at radius 3 is 2.63 bits per heavy atom. The van der Waals surface area contributed by atoms with Gasteiger partial charge in [-0.3, -0.25) is 0 Å². The molecule has 0 amide bonds. The van der Waals surface area contributed by atoms with E-state index in [1.165, 1.54) is 15.2 Å². The van der Waals surface area contributed by atoms with E-state index in [9.17, 15) is 0 Å². The highest BCUT2D eigenvalue weighted by Gasteiger charge is 2.10. The lowest BCUT2D eigenvalue weighted by Gasteiger charge is -2.10. The molecule has 0 radical (unpaired) electrons. The summed E-state index contributed by atoms with van der Waals surface area (Å²) in [5.74, 6) is 0. The van der Waals surface area contributed by atoms with Gasteiger partial charge in [-0.25, -0.2) is 4.98 Å². The second kappa shape index (κ2) is 5.33. The molecule has 1 atom stereocenters. The first-order valence-corrected chi connectivity index (χ1v) is 7.75. The zero-order chi connectivity index (χ0) is 13.2. The number of nitrogens with two attached hydrogens (primary N) is 1. The Labute approximate surface area is 120 Å². The van der Waals surface area contributed by atoms with Gasteiger partial charge in [0.1, 0.15) is 0 Å². The van der Waals surface area contributed by atoms with E-state index in [-0.39, 0.29) is 6.04 Å². The summed E-state index contributed by atoms with van der Waals surface area (Å²) in [7, 11) is 0. The van der Waals surface area contributed by atoms with E-state index in [0.29, 0.717) is 0 Å². The molecule has 1 aromatic heterocycles. The summed E-state index contributed by atoms with van der Waals surface area (Å²) in [5, 5.41) is 0. The Morgan fingerprint density at radius 2 is 1.84 bits per heavy atom. The van der Waals surface area contributed by atoms with E-state index in [1.54, 1.807) is 23.1 Å². The number of hydrogen-bond acceptors (Lipinski definition) is 4. The molecule has 2 nitrogen and oxygen atoms in total. The van der Waals surface area contributed by atoms with E-state index in [1.807, 2.05) is 37.3 Å². The van der Waals surface area contributed by atoms with Crippen molar-refractivity contribution in [1.82, 2.24) is 4.98 Å². The van der Waals surface area contributed by atoms with Crippen LogP contribution in [0, 0.1) is 0 Å². The van der Waals surface area contributed by atoms with Crippen molar-refractivity contribution in [3.63, 3.8) is 0 Å². The fraction of sp³-hybridized carbons (Fsp3) is 0.133. The molecule has 2 aromatic carbocycles. The van der Waals surface area contributed by atoms with Crippen molar-refractivity contribution in [3.8, 4) is 0 Å². The van der Waals surface area contributed by atoms with Gasteiger partial charge in [0.15, 0.2) is 4.34 Å². The minimum absolute atomic E-state index is 0.0399. The predicted molar refractivity (Wildman–Crippen MR) is 82.8 cm³/mol. The van der Waals surface area contributed by atoms with Gasteiger partial charge >= 0.3 is 0 Å². The fourth-order valence-electron chi connectivity index (χ4n) is 1.94. The van der Waals surface area contributed by atoms with Crippen LogP contribution in [0.2, 0.25) is 0 Å². The Morgan fingerprint density at radius 1 is 1.11 bits per heavy atom. The number of para-hydroxylation sites is 1. The molecule has 2 N–H and O–H groups in total. The highest BCUT2D eigenvalue weighted by Crippen LogP contribution is 2.36. The molecule has 0 aliphatic carbocycles. The predicted octanol–water partition coefficient (Wildman–Crippen LogP) is 4.47. The Hall–Kier alpha value is -1.36. The second-order valence-electron chi connectivity index (χ2n) is 4.38. The van der Waals surface area contributed by atoms with Crippen LogP contribution in [0.15, 0.2) is 57.8 Å². The number of nitrogens with zero attached hydrogens (tertiary/aromatic N) is 1. The molecule has 1 heterocycles. The van der Waals surface area contributed by atoms with Crippen molar-refractivity contribution < 1.29 is 0 Å². The molecule has 0 saturated heterocycles. The van der Waals surface area contributed by atoms with E-state index in [2.05, 4.69) is 23.2 Å². The van der Waals surface area contributed by atoms with Gasteiger partial charge in [0.2, 0.25) is 0 Å². The first-order valence-electron chi connectivity index (χ1n) is 6.12. The van der Waals surface area contributed by atoms with Crippen LogP contribution in [0.4, 0.5) is 0 Å². The summed E-state index contributed by atoms with van der Waals surface area (Å²) in [6.45, 7) is 2.01. The number of hydrogen-bond donors (Lipinski definition) is 1. The van der Waals surface area contributed by atoms with Gasteiger partial charge in [-0.15, -0.1) is 11.3 Å². The first kappa shape index (κ1) is 12.7.